The number of hydrogen-bond donors (Lipinski definition) is 0. The second-order valence-electron chi connectivity index (χ2n) is 8.70. The van der Waals surface area contributed by atoms with Crippen molar-refractivity contribution in [1.29, 1.82) is 0 Å². The normalized spacial score (nSPS) is 12.6. The quantitative estimate of drug-likeness (QED) is 0.535. The molecule has 2 aromatic rings. The predicted octanol–water partition coefficient (Wildman–Crippen LogP) is 7.01. The molecule has 0 aliphatic carbocycles. The Morgan fingerprint density at radius 2 is 0.815 bits per heavy atom. The van der Waals surface area contributed by atoms with Crippen molar-refractivity contribution in [3.8, 4) is 0 Å². The monoisotopic (exact) mass is 386 g/mol. The molecule has 0 N–H and O–H groups in total. The first-order valence-corrected chi connectivity index (χ1v) is 11.5. The average Bonchev–Trinajstić information content (AvgIpc) is 2.60. The third-order valence-electron chi connectivity index (χ3n) is 5.23. The Morgan fingerprint density at radius 3 is 1.07 bits per heavy atom. The summed E-state index contributed by atoms with van der Waals surface area (Å²) in [5, 5.41) is 0. The first-order valence-electron chi connectivity index (χ1n) is 9.99. The molecule has 0 saturated heterocycles. The van der Waals surface area contributed by atoms with E-state index in [4.69, 9.17) is 0 Å². The Labute approximate surface area is 165 Å². The van der Waals surface area contributed by atoms with Crippen molar-refractivity contribution in [1.82, 2.24) is 0 Å². The van der Waals surface area contributed by atoms with Gasteiger partial charge in [-0.2, -0.15) is 0 Å². The summed E-state index contributed by atoms with van der Waals surface area (Å²) in [6, 6.07) is 11.3. The molecule has 0 bridgehead atoms. The van der Waals surface area contributed by atoms with Crippen LogP contribution in [0.3, 0.4) is 0 Å². The van der Waals surface area contributed by atoms with Crippen LogP contribution in [-0.2, 0) is 9.84 Å². The van der Waals surface area contributed by atoms with Crippen molar-refractivity contribution in [2.45, 2.75) is 88.9 Å². The van der Waals surface area contributed by atoms with E-state index >= 15 is 0 Å². The van der Waals surface area contributed by atoms with E-state index < -0.39 is 9.84 Å². The number of benzene rings is 2. The van der Waals surface area contributed by atoms with E-state index in [0.29, 0.717) is 21.6 Å². The van der Waals surface area contributed by atoms with Crippen LogP contribution in [0, 0.1) is 0 Å². The van der Waals surface area contributed by atoms with Gasteiger partial charge in [0.05, 0.1) is 9.79 Å². The molecule has 0 fully saturated rings. The molecule has 3 heteroatoms. The Kier molecular flexibility index (Phi) is 6.57. The summed E-state index contributed by atoms with van der Waals surface area (Å²) in [5.74, 6) is 1.31. The van der Waals surface area contributed by atoms with Gasteiger partial charge < -0.3 is 0 Å². The van der Waals surface area contributed by atoms with Gasteiger partial charge in [0.2, 0.25) is 9.84 Å². The van der Waals surface area contributed by atoms with Crippen LogP contribution in [0.5, 0.6) is 0 Å². The molecule has 0 aliphatic rings. The van der Waals surface area contributed by atoms with E-state index in [9.17, 15) is 8.42 Å². The second-order valence-corrected chi connectivity index (χ2v) is 10.7. The molecule has 2 nitrogen and oxygen atoms in total. The van der Waals surface area contributed by atoms with Gasteiger partial charge in [-0.05, 0) is 70.2 Å². The summed E-state index contributed by atoms with van der Waals surface area (Å²) in [5.41, 5.74) is 4.69. The maximum absolute atomic E-state index is 13.3. The molecule has 27 heavy (non-hydrogen) atoms. The first kappa shape index (κ1) is 21.7. The highest BCUT2D eigenvalue weighted by Crippen LogP contribution is 2.33. The molecule has 0 aromatic heterocycles. The lowest BCUT2D eigenvalue weighted by Crippen LogP contribution is -2.08. The zero-order valence-electron chi connectivity index (χ0n) is 18.0. The summed E-state index contributed by atoms with van der Waals surface area (Å²) in [6.45, 7) is 17.1. The van der Waals surface area contributed by atoms with Crippen molar-refractivity contribution in [2.75, 3.05) is 0 Å². The van der Waals surface area contributed by atoms with E-state index in [1.54, 1.807) is 12.1 Å². The van der Waals surface area contributed by atoms with Gasteiger partial charge in [-0.25, -0.2) is 8.42 Å². The molecule has 0 spiro atoms. The molecule has 2 aromatic carbocycles. The van der Waals surface area contributed by atoms with Gasteiger partial charge in [0.15, 0.2) is 0 Å². The predicted molar refractivity (Wildman–Crippen MR) is 115 cm³/mol. The zero-order chi connectivity index (χ0) is 20.5. The standard InChI is InChI=1S/C24H34O2S/c1-15(2)21-11-9-19(13-23(21)17(5)6)27(25,26)20-10-12-22(16(3)4)24(14-20)18(7)8/h9-18H,1-8H3. The van der Waals surface area contributed by atoms with Crippen molar-refractivity contribution < 1.29 is 8.42 Å². The Morgan fingerprint density at radius 1 is 0.519 bits per heavy atom. The number of sulfone groups is 1. The minimum atomic E-state index is -3.54. The summed E-state index contributed by atoms with van der Waals surface area (Å²) in [6.07, 6.45) is 0. The Balaban J connectivity index is 2.63. The van der Waals surface area contributed by atoms with Gasteiger partial charge in [-0.1, -0.05) is 67.5 Å². The topological polar surface area (TPSA) is 34.1 Å². The van der Waals surface area contributed by atoms with Crippen LogP contribution in [-0.4, -0.2) is 8.42 Å². The average molecular weight is 387 g/mol. The molecule has 0 saturated carbocycles. The molecule has 0 radical (unpaired) electrons. The lowest BCUT2D eigenvalue weighted by atomic mass is 9.91. The third-order valence-corrected chi connectivity index (χ3v) is 6.97. The molecule has 148 valence electrons. The molecular weight excluding hydrogens is 352 g/mol. The molecule has 0 atom stereocenters. The SMILES string of the molecule is CC(C)c1ccc(S(=O)(=O)c2ccc(C(C)C)c(C(C)C)c2)cc1C(C)C. The first-order chi connectivity index (χ1) is 12.5. The van der Waals surface area contributed by atoms with Gasteiger partial charge in [0.1, 0.15) is 0 Å². The van der Waals surface area contributed by atoms with Crippen molar-refractivity contribution in [3.05, 3.63) is 58.7 Å². The van der Waals surface area contributed by atoms with Crippen LogP contribution in [0.2, 0.25) is 0 Å². The van der Waals surface area contributed by atoms with E-state index in [0.717, 1.165) is 11.1 Å². The summed E-state index contributed by atoms with van der Waals surface area (Å²) in [4.78, 5) is 0.783. The summed E-state index contributed by atoms with van der Waals surface area (Å²) < 4.78 is 26.7. The molecule has 0 aliphatic heterocycles. The summed E-state index contributed by atoms with van der Waals surface area (Å²) in [7, 11) is -3.54. The third kappa shape index (κ3) is 4.45. The van der Waals surface area contributed by atoms with E-state index in [2.05, 4.69) is 55.4 Å². The van der Waals surface area contributed by atoms with Crippen molar-refractivity contribution >= 4 is 9.84 Å². The minimum absolute atomic E-state index is 0.284. The van der Waals surface area contributed by atoms with E-state index in [1.165, 1.54) is 11.1 Å². The maximum atomic E-state index is 13.3. The van der Waals surface area contributed by atoms with Crippen molar-refractivity contribution in [2.24, 2.45) is 0 Å². The highest BCUT2D eigenvalue weighted by molar-refractivity contribution is 7.91. The minimum Gasteiger partial charge on any atom is -0.219 e. The number of rotatable bonds is 6. The van der Waals surface area contributed by atoms with E-state index in [1.807, 2.05) is 24.3 Å². The maximum Gasteiger partial charge on any atom is 0.206 e. The fourth-order valence-electron chi connectivity index (χ4n) is 3.63. The fraction of sp³-hybridized carbons (Fsp3) is 0.500. The van der Waals surface area contributed by atoms with Crippen LogP contribution in [0.1, 0.15) is 101 Å². The van der Waals surface area contributed by atoms with Gasteiger partial charge in [-0.15, -0.1) is 0 Å². The highest BCUT2D eigenvalue weighted by atomic mass is 32.2. The van der Waals surface area contributed by atoms with Gasteiger partial charge in [0.25, 0.3) is 0 Å². The van der Waals surface area contributed by atoms with Crippen LogP contribution in [0.15, 0.2) is 46.2 Å². The lowest BCUT2D eigenvalue weighted by Gasteiger charge is -2.19. The Hall–Kier alpha value is -1.61. The van der Waals surface area contributed by atoms with Crippen LogP contribution < -0.4 is 0 Å². The van der Waals surface area contributed by atoms with Crippen LogP contribution in [0.4, 0.5) is 0 Å². The van der Waals surface area contributed by atoms with Crippen LogP contribution >= 0.6 is 0 Å². The summed E-state index contributed by atoms with van der Waals surface area (Å²) >= 11 is 0. The van der Waals surface area contributed by atoms with Gasteiger partial charge >= 0.3 is 0 Å². The molecule has 0 heterocycles. The fourth-order valence-corrected chi connectivity index (χ4v) is 4.96. The smallest absolute Gasteiger partial charge is 0.206 e. The number of hydrogen-bond acceptors (Lipinski definition) is 2. The molecular formula is C24H34O2S. The zero-order valence-corrected chi connectivity index (χ0v) is 18.8. The Bertz CT molecular complexity index is 834. The van der Waals surface area contributed by atoms with E-state index in [-0.39, 0.29) is 11.8 Å². The lowest BCUT2D eigenvalue weighted by molar-refractivity contribution is 0.595. The van der Waals surface area contributed by atoms with Gasteiger partial charge in [-0.3, -0.25) is 0 Å². The molecule has 0 unspecified atom stereocenters. The highest BCUT2D eigenvalue weighted by Gasteiger charge is 2.23. The van der Waals surface area contributed by atoms with Crippen LogP contribution in [0.25, 0.3) is 0 Å². The molecule has 2 rings (SSSR count). The second kappa shape index (κ2) is 8.18. The van der Waals surface area contributed by atoms with Gasteiger partial charge in [0, 0.05) is 0 Å². The largest absolute Gasteiger partial charge is 0.219 e. The van der Waals surface area contributed by atoms with Crippen molar-refractivity contribution in [3.63, 3.8) is 0 Å². The molecule has 0 amide bonds.